The Morgan fingerprint density at radius 1 is 1.04 bits per heavy atom. The van der Waals surface area contributed by atoms with E-state index in [9.17, 15) is 4.79 Å². The average Bonchev–Trinajstić information content (AvgIpc) is 2.95. The van der Waals surface area contributed by atoms with Crippen molar-refractivity contribution in [2.24, 2.45) is 0 Å². The maximum absolute atomic E-state index is 12.5. The molecular formula is C19H19NO3. The molecule has 0 amide bonds. The molecule has 0 saturated heterocycles. The summed E-state index contributed by atoms with van der Waals surface area (Å²) in [5.74, 6) is 0.412. The van der Waals surface area contributed by atoms with Crippen LogP contribution >= 0.6 is 0 Å². The molecule has 0 radical (unpaired) electrons. The molecule has 1 aromatic heterocycles. The molecule has 23 heavy (non-hydrogen) atoms. The number of carbonyl (C=O) groups excluding carboxylic acids is 1. The Kier molecular flexibility index (Phi) is 4.33. The summed E-state index contributed by atoms with van der Waals surface area (Å²) < 4.78 is 10.8. The standard InChI is InChI=1S/C19H19NO3/c1-3-22-14-10-11-16-15(12-14)17(19(21)23-4-2)18(20-16)13-8-6-5-7-9-13/h5-12,20H,3-4H2,1-2H3. The number of rotatable bonds is 5. The molecule has 0 saturated carbocycles. The van der Waals surface area contributed by atoms with Gasteiger partial charge >= 0.3 is 5.97 Å². The van der Waals surface area contributed by atoms with Gasteiger partial charge in [0.25, 0.3) is 0 Å². The summed E-state index contributed by atoms with van der Waals surface area (Å²) in [7, 11) is 0. The van der Waals surface area contributed by atoms with Crippen LogP contribution in [0.1, 0.15) is 24.2 Å². The zero-order chi connectivity index (χ0) is 16.2. The van der Waals surface area contributed by atoms with Gasteiger partial charge in [-0.05, 0) is 37.6 Å². The highest BCUT2D eigenvalue weighted by Gasteiger charge is 2.21. The Balaban J connectivity index is 2.22. The first-order chi connectivity index (χ1) is 11.2. The SMILES string of the molecule is CCOC(=O)c1c(-c2ccccc2)[nH]c2ccc(OCC)cc12. The van der Waals surface area contributed by atoms with E-state index in [0.29, 0.717) is 18.8 Å². The van der Waals surface area contributed by atoms with Crippen LogP contribution in [-0.2, 0) is 4.74 Å². The third-order valence-corrected chi connectivity index (χ3v) is 3.62. The Bertz CT molecular complexity index is 821. The van der Waals surface area contributed by atoms with Gasteiger partial charge < -0.3 is 14.5 Å². The summed E-state index contributed by atoms with van der Waals surface area (Å²) in [6, 6.07) is 15.5. The predicted octanol–water partition coefficient (Wildman–Crippen LogP) is 4.41. The third-order valence-electron chi connectivity index (χ3n) is 3.62. The molecule has 0 atom stereocenters. The number of aromatic amines is 1. The quantitative estimate of drug-likeness (QED) is 0.710. The number of hydrogen-bond acceptors (Lipinski definition) is 3. The van der Waals surface area contributed by atoms with Crippen molar-refractivity contribution >= 4 is 16.9 Å². The van der Waals surface area contributed by atoms with Crippen molar-refractivity contribution < 1.29 is 14.3 Å². The first kappa shape index (κ1) is 15.2. The smallest absolute Gasteiger partial charge is 0.340 e. The summed E-state index contributed by atoms with van der Waals surface area (Å²) in [4.78, 5) is 15.8. The predicted molar refractivity (Wildman–Crippen MR) is 90.9 cm³/mol. The first-order valence-corrected chi connectivity index (χ1v) is 7.75. The highest BCUT2D eigenvalue weighted by atomic mass is 16.5. The molecule has 118 valence electrons. The van der Waals surface area contributed by atoms with Crippen molar-refractivity contribution in [2.45, 2.75) is 13.8 Å². The molecule has 3 rings (SSSR count). The van der Waals surface area contributed by atoms with Gasteiger partial charge in [-0.1, -0.05) is 30.3 Å². The first-order valence-electron chi connectivity index (χ1n) is 7.75. The van der Waals surface area contributed by atoms with E-state index in [1.54, 1.807) is 6.92 Å². The summed E-state index contributed by atoms with van der Waals surface area (Å²) in [6.45, 7) is 4.66. The van der Waals surface area contributed by atoms with Crippen molar-refractivity contribution in [1.82, 2.24) is 4.98 Å². The van der Waals surface area contributed by atoms with Crippen molar-refractivity contribution in [3.8, 4) is 17.0 Å². The minimum Gasteiger partial charge on any atom is -0.494 e. The second-order valence-electron chi connectivity index (χ2n) is 5.10. The van der Waals surface area contributed by atoms with Crippen LogP contribution < -0.4 is 4.74 Å². The lowest BCUT2D eigenvalue weighted by Crippen LogP contribution is -2.05. The lowest BCUT2D eigenvalue weighted by atomic mass is 10.1. The van der Waals surface area contributed by atoms with Gasteiger partial charge in [-0.3, -0.25) is 0 Å². The molecule has 1 N–H and O–H groups in total. The van der Waals surface area contributed by atoms with Gasteiger partial charge in [-0.2, -0.15) is 0 Å². The van der Waals surface area contributed by atoms with Crippen molar-refractivity contribution in [2.75, 3.05) is 13.2 Å². The molecule has 4 nitrogen and oxygen atoms in total. The van der Waals surface area contributed by atoms with E-state index in [1.165, 1.54) is 0 Å². The summed E-state index contributed by atoms with van der Waals surface area (Å²) in [5, 5.41) is 0.813. The molecule has 0 spiro atoms. The van der Waals surface area contributed by atoms with Crippen LogP contribution in [0.4, 0.5) is 0 Å². The molecule has 0 aliphatic rings. The summed E-state index contributed by atoms with van der Waals surface area (Å²) >= 11 is 0. The van der Waals surface area contributed by atoms with Gasteiger partial charge in [-0.25, -0.2) is 4.79 Å². The van der Waals surface area contributed by atoms with Gasteiger partial charge in [0, 0.05) is 10.9 Å². The van der Waals surface area contributed by atoms with Crippen LogP contribution in [-0.4, -0.2) is 24.2 Å². The maximum atomic E-state index is 12.5. The largest absolute Gasteiger partial charge is 0.494 e. The Morgan fingerprint density at radius 2 is 1.83 bits per heavy atom. The van der Waals surface area contributed by atoms with Gasteiger partial charge in [0.05, 0.1) is 24.5 Å². The summed E-state index contributed by atoms with van der Waals surface area (Å²) in [6.07, 6.45) is 0. The molecule has 0 bridgehead atoms. The third kappa shape index (κ3) is 2.93. The van der Waals surface area contributed by atoms with E-state index in [2.05, 4.69) is 4.98 Å². The number of H-pyrrole nitrogens is 1. The van der Waals surface area contributed by atoms with Crippen LogP contribution in [0.3, 0.4) is 0 Å². The van der Waals surface area contributed by atoms with Crippen molar-refractivity contribution in [3.05, 3.63) is 54.1 Å². The van der Waals surface area contributed by atoms with Crippen LogP contribution in [0.2, 0.25) is 0 Å². The minimum absolute atomic E-state index is 0.328. The van der Waals surface area contributed by atoms with Crippen LogP contribution in [0, 0.1) is 0 Å². The summed E-state index contributed by atoms with van der Waals surface area (Å²) in [5.41, 5.74) is 3.15. The molecule has 0 aliphatic heterocycles. The van der Waals surface area contributed by atoms with Gasteiger partial charge in [0.2, 0.25) is 0 Å². The zero-order valence-corrected chi connectivity index (χ0v) is 13.3. The highest BCUT2D eigenvalue weighted by Crippen LogP contribution is 2.33. The number of esters is 1. The second-order valence-corrected chi connectivity index (χ2v) is 5.10. The van der Waals surface area contributed by atoms with Crippen molar-refractivity contribution in [1.29, 1.82) is 0 Å². The van der Waals surface area contributed by atoms with Crippen LogP contribution in [0.25, 0.3) is 22.2 Å². The fourth-order valence-corrected chi connectivity index (χ4v) is 2.66. The van der Waals surface area contributed by atoms with Gasteiger partial charge in [-0.15, -0.1) is 0 Å². The average molecular weight is 309 g/mol. The molecule has 4 heteroatoms. The Labute approximate surface area is 135 Å². The number of fused-ring (bicyclic) bond motifs is 1. The molecule has 0 aliphatic carbocycles. The molecule has 2 aromatic carbocycles. The Hall–Kier alpha value is -2.75. The number of hydrogen-bond donors (Lipinski definition) is 1. The maximum Gasteiger partial charge on any atom is 0.340 e. The highest BCUT2D eigenvalue weighted by molar-refractivity contribution is 6.10. The molecule has 3 aromatic rings. The van der Waals surface area contributed by atoms with E-state index >= 15 is 0 Å². The lowest BCUT2D eigenvalue weighted by molar-refractivity contribution is 0.0529. The van der Waals surface area contributed by atoms with Gasteiger partial charge in [0.1, 0.15) is 5.75 Å². The normalized spacial score (nSPS) is 10.7. The second kappa shape index (κ2) is 6.57. The fraction of sp³-hybridized carbons (Fsp3) is 0.211. The van der Waals surface area contributed by atoms with E-state index in [1.807, 2.05) is 55.5 Å². The number of nitrogens with one attached hydrogen (secondary N) is 1. The molecular weight excluding hydrogens is 290 g/mol. The number of aromatic nitrogens is 1. The minimum atomic E-state index is -0.328. The number of carbonyl (C=O) groups is 1. The van der Waals surface area contributed by atoms with Gasteiger partial charge in [0.15, 0.2) is 0 Å². The molecule has 0 fully saturated rings. The van der Waals surface area contributed by atoms with Crippen LogP contribution in [0.15, 0.2) is 48.5 Å². The monoisotopic (exact) mass is 309 g/mol. The molecule has 1 heterocycles. The Morgan fingerprint density at radius 3 is 2.52 bits per heavy atom. The number of ether oxygens (including phenoxy) is 2. The lowest BCUT2D eigenvalue weighted by Gasteiger charge is -2.06. The zero-order valence-electron chi connectivity index (χ0n) is 13.3. The fourth-order valence-electron chi connectivity index (χ4n) is 2.66. The number of benzene rings is 2. The van der Waals surface area contributed by atoms with E-state index in [-0.39, 0.29) is 5.97 Å². The van der Waals surface area contributed by atoms with Crippen LogP contribution in [0.5, 0.6) is 5.75 Å². The van der Waals surface area contributed by atoms with E-state index < -0.39 is 0 Å². The molecule has 0 unspecified atom stereocenters. The topological polar surface area (TPSA) is 51.3 Å². The van der Waals surface area contributed by atoms with E-state index in [4.69, 9.17) is 9.47 Å². The van der Waals surface area contributed by atoms with E-state index in [0.717, 1.165) is 27.9 Å². The van der Waals surface area contributed by atoms with Crippen molar-refractivity contribution in [3.63, 3.8) is 0 Å².